The van der Waals surface area contributed by atoms with Gasteiger partial charge in [-0.15, -0.1) is 11.8 Å². The summed E-state index contributed by atoms with van der Waals surface area (Å²) in [6.07, 6.45) is 1.14. The van der Waals surface area contributed by atoms with Gasteiger partial charge in [0.15, 0.2) is 0 Å². The number of nitrogens with zero attached hydrogens (tertiary/aromatic N) is 1. The fraction of sp³-hybridized carbons (Fsp3) is 0.440. The van der Waals surface area contributed by atoms with Gasteiger partial charge in [-0.25, -0.2) is 0 Å². The molecule has 0 aliphatic heterocycles. The number of rotatable bonds is 9. The maximum absolute atomic E-state index is 13.1. The van der Waals surface area contributed by atoms with E-state index in [-0.39, 0.29) is 17.4 Å². The number of amides is 2. The molecule has 0 aliphatic carbocycles. The molecule has 0 aliphatic rings. The number of aryl methyl sites for hydroxylation is 1. The van der Waals surface area contributed by atoms with E-state index in [1.165, 1.54) is 0 Å². The Kier molecular flexibility index (Phi) is 9.45. The zero-order valence-electron chi connectivity index (χ0n) is 19.1. The summed E-state index contributed by atoms with van der Waals surface area (Å²) in [5.41, 5.74) is 1.81. The van der Waals surface area contributed by atoms with Gasteiger partial charge in [0.2, 0.25) is 11.8 Å². The molecule has 0 fully saturated rings. The third-order valence-corrected chi connectivity index (χ3v) is 6.07. The maximum Gasteiger partial charge on any atom is 0.242 e. The van der Waals surface area contributed by atoms with Crippen LogP contribution in [0.1, 0.15) is 51.7 Å². The third-order valence-electron chi connectivity index (χ3n) is 4.72. The van der Waals surface area contributed by atoms with E-state index in [0.717, 1.165) is 28.2 Å². The maximum atomic E-state index is 13.1. The molecule has 0 bridgehead atoms. The van der Waals surface area contributed by atoms with Gasteiger partial charge in [-0.3, -0.25) is 9.59 Å². The van der Waals surface area contributed by atoms with Crippen molar-refractivity contribution in [3.8, 4) is 0 Å². The summed E-state index contributed by atoms with van der Waals surface area (Å²) in [6.45, 7) is 10.1. The molecule has 0 spiro atoms. The number of carbonyl (C=O) groups is 2. The molecule has 2 rings (SSSR count). The molecule has 1 atom stereocenters. The fourth-order valence-corrected chi connectivity index (χ4v) is 4.13. The molecular formula is C25H33ClN2O2S. The molecule has 1 N–H and O–H groups in total. The number of halogens is 1. The molecule has 0 heterocycles. The minimum Gasteiger partial charge on any atom is -0.350 e. The van der Waals surface area contributed by atoms with Crippen LogP contribution in [0.25, 0.3) is 0 Å². The van der Waals surface area contributed by atoms with Crippen molar-refractivity contribution in [3.05, 3.63) is 64.7 Å². The van der Waals surface area contributed by atoms with Crippen LogP contribution in [0.15, 0.2) is 53.4 Å². The summed E-state index contributed by atoms with van der Waals surface area (Å²) in [6, 6.07) is 15.2. The Bertz CT molecular complexity index is 878. The smallest absolute Gasteiger partial charge is 0.242 e. The van der Waals surface area contributed by atoms with Gasteiger partial charge in [-0.05, 0) is 76.6 Å². The predicted molar refractivity (Wildman–Crippen MR) is 130 cm³/mol. The molecular weight excluding hydrogens is 428 g/mol. The first kappa shape index (κ1) is 25.3. The van der Waals surface area contributed by atoms with Crippen LogP contribution >= 0.6 is 23.4 Å². The van der Waals surface area contributed by atoms with Crippen molar-refractivity contribution in [3.63, 3.8) is 0 Å². The molecule has 4 nitrogen and oxygen atoms in total. The monoisotopic (exact) mass is 460 g/mol. The van der Waals surface area contributed by atoms with Crippen molar-refractivity contribution in [1.29, 1.82) is 0 Å². The highest BCUT2D eigenvalue weighted by Gasteiger charge is 2.28. The number of benzene rings is 2. The summed E-state index contributed by atoms with van der Waals surface area (Å²) in [5, 5.41) is 3.71. The number of hydrogen-bond donors (Lipinski definition) is 1. The highest BCUT2D eigenvalue weighted by atomic mass is 35.5. The van der Waals surface area contributed by atoms with Gasteiger partial charge >= 0.3 is 0 Å². The minimum absolute atomic E-state index is 0.00484. The predicted octanol–water partition coefficient (Wildman–Crippen LogP) is 5.85. The molecule has 2 aromatic carbocycles. The van der Waals surface area contributed by atoms with E-state index < -0.39 is 6.04 Å². The Labute approximate surface area is 195 Å². The molecule has 1 unspecified atom stereocenters. The molecule has 0 saturated carbocycles. The molecule has 31 heavy (non-hydrogen) atoms. The van der Waals surface area contributed by atoms with Crippen molar-refractivity contribution in [1.82, 2.24) is 10.2 Å². The van der Waals surface area contributed by atoms with E-state index in [4.69, 9.17) is 11.6 Å². The van der Waals surface area contributed by atoms with Gasteiger partial charge in [0, 0.05) is 28.4 Å². The van der Waals surface area contributed by atoms with Crippen LogP contribution in [0.2, 0.25) is 5.02 Å². The largest absolute Gasteiger partial charge is 0.350 e. The van der Waals surface area contributed by atoms with Gasteiger partial charge in [0.25, 0.3) is 0 Å². The highest BCUT2D eigenvalue weighted by molar-refractivity contribution is 7.99. The van der Waals surface area contributed by atoms with E-state index in [9.17, 15) is 9.59 Å². The van der Waals surface area contributed by atoms with Crippen LogP contribution < -0.4 is 5.32 Å². The van der Waals surface area contributed by atoms with Crippen LogP contribution in [0.3, 0.4) is 0 Å². The first-order chi connectivity index (χ1) is 14.5. The second kappa shape index (κ2) is 11.6. The molecule has 0 saturated heterocycles. The second-order valence-electron chi connectivity index (χ2n) is 8.83. The number of nitrogens with one attached hydrogen (secondary N) is 1. The van der Waals surface area contributed by atoms with Gasteiger partial charge < -0.3 is 10.2 Å². The summed E-state index contributed by atoms with van der Waals surface area (Å²) in [7, 11) is 0. The molecule has 2 amide bonds. The summed E-state index contributed by atoms with van der Waals surface area (Å²) in [5.74, 6) is 0.688. The topological polar surface area (TPSA) is 49.4 Å². The van der Waals surface area contributed by atoms with Crippen molar-refractivity contribution < 1.29 is 9.59 Å². The van der Waals surface area contributed by atoms with Crippen LogP contribution in [0.5, 0.6) is 0 Å². The molecule has 6 heteroatoms. The number of thioether (sulfide) groups is 1. The average Bonchev–Trinajstić information content (AvgIpc) is 2.69. The lowest BCUT2D eigenvalue weighted by atomic mass is 10.1. The second-order valence-corrected chi connectivity index (χ2v) is 10.4. The Morgan fingerprint density at radius 2 is 1.81 bits per heavy atom. The zero-order valence-corrected chi connectivity index (χ0v) is 20.6. The van der Waals surface area contributed by atoms with Gasteiger partial charge in [0.1, 0.15) is 6.04 Å². The first-order valence-corrected chi connectivity index (χ1v) is 12.0. The van der Waals surface area contributed by atoms with Crippen LogP contribution in [-0.4, -0.2) is 34.0 Å². The van der Waals surface area contributed by atoms with E-state index in [1.807, 2.05) is 70.2 Å². The Morgan fingerprint density at radius 3 is 2.42 bits per heavy atom. The quantitative estimate of drug-likeness (QED) is 0.377. The van der Waals surface area contributed by atoms with Crippen molar-refractivity contribution in [2.75, 3.05) is 5.75 Å². The Balaban J connectivity index is 2.02. The molecule has 0 aromatic heterocycles. The van der Waals surface area contributed by atoms with Crippen LogP contribution in [-0.2, 0) is 16.1 Å². The highest BCUT2D eigenvalue weighted by Crippen LogP contribution is 2.22. The first-order valence-electron chi connectivity index (χ1n) is 10.6. The van der Waals surface area contributed by atoms with Gasteiger partial charge in [-0.1, -0.05) is 41.4 Å². The standard InChI is InChI=1S/C25H33ClN2O2S/c1-18-8-6-9-20(16-18)17-28(19(2)24(30)27-25(3,4)5)23(29)10-7-15-31-22-13-11-21(26)12-14-22/h6,8-9,11-14,16,19H,7,10,15,17H2,1-5H3,(H,27,30). The normalized spacial score (nSPS) is 12.3. The fourth-order valence-electron chi connectivity index (χ4n) is 3.15. The Hall–Kier alpha value is -1.98. The van der Waals surface area contributed by atoms with E-state index >= 15 is 0 Å². The number of carbonyl (C=O) groups excluding carboxylic acids is 2. The number of hydrogen-bond acceptors (Lipinski definition) is 3. The summed E-state index contributed by atoms with van der Waals surface area (Å²) < 4.78 is 0. The zero-order chi connectivity index (χ0) is 23.0. The third kappa shape index (κ3) is 8.96. The van der Waals surface area contributed by atoms with Crippen molar-refractivity contribution in [2.24, 2.45) is 0 Å². The molecule has 168 valence electrons. The van der Waals surface area contributed by atoms with Crippen molar-refractivity contribution in [2.45, 2.75) is 70.5 Å². The van der Waals surface area contributed by atoms with Crippen molar-refractivity contribution >= 4 is 35.2 Å². The minimum atomic E-state index is -0.545. The van der Waals surface area contributed by atoms with Gasteiger partial charge in [-0.2, -0.15) is 0 Å². The van der Waals surface area contributed by atoms with Crippen LogP contribution in [0.4, 0.5) is 0 Å². The SMILES string of the molecule is Cc1cccc(CN(C(=O)CCCSc2ccc(Cl)cc2)C(C)C(=O)NC(C)(C)C)c1. The molecule has 0 radical (unpaired) electrons. The summed E-state index contributed by atoms with van der Waals surface area (Å²) >= 11 is 7.63. The van der Waals surface area contributed by atoms with Crippen LogP contribution in [0, 0.1) is 6.92 Å². The lowest BCUT2D eigenvalue weighted by Crippen LogP contribution is -2.52. The lowest BCUT2D eigenvalue weighted by Gasteiger charge is -2.31. The average molecular weight is 461 g/mol. The van der Waals surface area contributed by atoms with E-state index in [0.29, 0.717) is 18.0 Å². The summed E-state index contributed by atoms with van der Waals surface area (Å²) in [4.78, 5) is 28.7. The van der Waals surface area contributed by atoms with E-state index in [1.54, 1.807) is 23.6 Å². The molecule has 2 aromatic rings. The van der Waals surface area contributed by atoms with E-state index in [2.05, 4.69) is 11.4 Å². The lowest BCUT2D eigenvalue weighted by molar-refractivity contribution is -0.141. The van der Waals surface area contributed by atoms with Gasteiger partial charge in [0.05, 0.1) is 0 Å². The Morgan fingerprint density at radius 1 is 1.13 bits per heavy atom.